The van der Waals surface area contributed by atoms with E-state index in [1.165, 1.54) is 22.3 Å². The Balaban J connectivity index is 0.977. The van der Waals surface area contributed by atoms with Crippen LogP contribution in [0.3, 0.4) is 0 Å². The van der Waals surface area contributed by atoms with Crippen molar-refractivity contribution in [1.82, 2.24) is 9.88 Å². The zero-order chi connectivity index (χ0) is 31.4. The van der Waals surface area contributed by atoms with Gasteiger partial charge in [-0.1, -0.05) is 57.2 Å². The van der Waals surface area contributed by atoms with E-state index in [9.17, 15) is 9.59 Å². The van der Waals surface area contributed by atoms with Crippen molar-refractivity contribution in [2.45, 2.75) is 103 Å². The molecule has 1 aromatic heterocycles. The molecular formula is C39H48N2O4. The highest BCUT2D eigenvalue weighted by Gasteiger charge is 2.41. The van der Waals surface area contributed by atoms with Crippen molar-refractivity contribution in [3.05, 3.63) is 83.7 Å². The van der Waals surface area contributed by atoms with E-state index in [1.54, 1.807) is 6.20 Å². The van der Waals surface area contributed by atoms with E-state index in [2.05, 4.69) is 68.2 Å². The molecule has 3 heterocycles. The van der Waals surface area contributed by atoms with Crippen LogP contribution in [0.2, 0.25) is 0 Å². The summed E-state index contributed by atoms with van der Waals surface area (Å²) in [7, 11) is 0. The van der Waals surface area contributed by atoms with E-state index < -0.39 is 0 Å². The molecule has 3 aromatic rings. The lowest BCUT2D eigenvalue weighted by atomic mass is 9.72. The third-order valence-electron chi connectivity index (χ3n) is 10.4. The number of piperidine rings is 1. The molecule has 2 aliphatic heterocycles. The zero-order valence-electron chi connectivity index (χ0n) is 27.2. The Bertz CT molecular complexity index is 1460. The molecule has 0 atom stereocenters. The highest BCUT2D eigenvalue weighted by molar-refractivity contribution is 5.80. The number of hydrogen-bond acceptors (Lipinski definition) is 5. The fourth-order valence-corrected chi connectivity index (χ4v) is 7.35. The van der Waals surface area contributed by atoms with Crippen LogP contribution in [0.1, 0.15) is 89.0 Å². The summed E-state index contributed by atoms with van der Waals surface area (Å²) in [5.74, 6) is 1.89. The summed E-state index contributed by atoms with van der Waals surface area (Å²) >= 11 is 0. The Morgan fingerprint density at radius 1 is 0.933 bits per heavy atom. The molecule has 3 aliphatic rings. The van der Waals surface area contributed by atoms with Crippen LogP contribution >= 0.6 is 0 Å². The molecule has 2 aromatic carbocycles. The maximum Gasteiger partial charge on any atom is 0.410 e. The van der Waals surface area contributed by atoms with Gasteiger partial charge < -0.3 is 14.4 Å². The van der Waals surface area contributed by atoms with Crippen LogP contribution in [0.25, 0.3) is 11.1 Å². The van der Waals surface area contributed by atoms with Crippen LogP contribution in [0.5, 0.6) is 5.75 Å². The smallest absolute Gasteiger partial charge is 0.410 e. The van der Waals surface area contributed by atoms with Crippen LogP contribution < -0.4 is 4.74 Å². The molecule has 0 radical (unpaired) electrons. The highest BCUT2D eigenvalue weighted by Crippen LogP contribution is 2.42. The summed E-state index contributed by atoms with van der Waals surface area (Å²) in [6.07, 6.45) is 11.1. The van der Waals surface area contributed by atoms with E-state index in [4.69, 9.17) is 9.47 Å². The van der Waals surface area contributed by atoms with Gasteiger partial charge in [0.05, 0.1) is 0 Å². The third kappa shape index (κ3) is 7.77. The van der Waals surface area contributed by atoms with Crippen LogP contribution in [0, 0.1) is 11.3 Å². The Morgan fingerprint density at radius 3 is 2.36 bits per heavy atom. The number of aromatic nitrogens is 1. The molecule has 1 amide bonds. The van der Waals surface area contributed by atoms with Gasteiger partial charge in [0.1, 0.15) is 23.2 Å². The number of likely N-dealkylation sites (tertiary alicyclic amines) is 1. The fraction of sp³-hybridized carbons (Fsp3) is 0.513. The Hall–Kier alpha value is -3.67. The van der Waals surface area contributed by atoms with Gasteiger partial charge in [-0.2, -0.15) is 0 Å². The number of pyridine rings is 1. The largest absolute Gasteiger partial charge is 0.487 e. The number of ketones is 1. The molecule has 1 saturated heterocycles. The Morgan fingerprint density at radius 2 is 1.67 bits per heavy atom. The van der Waals surface area contributed by atoms with E-state index in [1.807, 2.05) is 23.1 Å². The van der Waals surface area contributed by atoms with Gasteiger partial charge in [0.2, 0.25) is 0 Å². The maximum absolute atomic E-state index is 13.0. The summed E-state index contributed by atoms with van der Waals surface area (Å²) in [6.45, 7) is 8.32. The molecule has 0 bridgehead atoms. The second kappa shape index (κ2) is 13.4. The molecule has 1 saturated carbocycles. The lowest BCUT2D eigenvalue weighted by molar-refractivity contribution is -0.118. The molecule has 1 spiro atoms. The lowest BCUT2D eigenvalue weighted by Gasteiger charge is -2.44. The Kier molecular flexibility index (Phi) is 9.30. The number of aryl methyl sites for hydroxylation is 2. The van der Waals surface area contributed by atoms with Gasteiger partial charge in [0.25, 0.3) is 0 Å². The highest BCUT2D eigenvalue weighted by atomic mass is 16.6. The molecule has 6 nitrogen and oxygen atoms in total. The van der Waals surface area contributed by atoms with Crippen molar-refractivity contribution in [2.24, 2.45) is 11.3 Å². The van der Waals surface area contributed by atoms with Crippen molar-refractivity contribution in [3.63, 3.8) is 0 Å². The minimum Gasteiger partial charge on any atom is -0.487 e. The predicted molar refractivity (Wildman–Crippen MR) is 177 cm³/mol. The quantitative estimate of drug-likeness (QED) is 0.269. The topological polar surface area (TPSA) is 68.7 Å². The van der Waals surface area contributed by atoms with Crippen molar-refractivity contribution in [3.8, 4) is 16.9 Å². The van der Waals surface area contributed by atoms with Crippen molar-refractivity contribution < 1.29 is 19.1 Å². The number of Topliss-reactive ketones (excluding diaryl/α,β-unsaturated/α-hetero) is 1. The monoisotopic (exact) mass is 608 g/mol. The molecule has 0 unspecified atom stereocenters. The first-order chi connectivity index (χ1) is 21.7. The second-order valence-electron chi connectivity index (χ2n) is 14.6. The standard InChI is InChI=1S/C39H48N2O4/c1-38(2,3)32-13-16-35(17-14-32)44-37(43)41-24-21-39(22-25-41)20-19-31-26-30(12-18-36(31)45-39)29-10-7-28(8-11-29)9-15-34(42)27-33-6-4-5-23-40-33/h4-8,10-12,18,23,26,32,35H,9,13-17,19-22,24-25,27H2,1-3H3. The van der Waals surface area contributed by atoms with Crippen LogP contribution in [0.4, 0.5) is 4.79 Å². The molecular weight excluding hydrogens is 560 g/mol. The van der Waals surface area contributed by atoms with Gasteiger partial charge >= 0.3 is 6.09 Å². The fourth-order valence-electron chi connectivity index (χ4n) is 7.35. The maximum atomic E-state index is 13.0. The molecule has 45 heavy (non-hydrogen) atoms. The van der Waals surface area contributed by atoms with Crippen molar-refractivity contribution >= 4 is 11.9 Å². The number of rotatable bonds is 7. The summed E-state index contributed by atoms with van der Waals surface area (Å²) in [5, 5.41) is 0. The van der Waals surface area contributed by atoms with E-state index in [0.717, 1.165) is 69.2 Å². The molecule has 238 valence electrons. The summed E-state index contributed by atoms with van der Waals surface area (Å²) < 4.78 is 12.6. The first-order valence-corrected chi connectivity index (χ1v) is 16.9. The molecule has 2 fully saturated rings. The number of ether oxygens (including phenoxy) is 2. The number of carbonyl (C=O) groups is 2. The number of carbonyl (C=O) groups excluding carboxylic acids is 2. The van der Waals surface area contributed by atoms with Gasteiger partial charge in [0, 0.05) is 50.7 Å². The molecule has 1 aliphatic carbocycles. The van der Waals surface area contributed by atoms with Gasteiger partial charge in [0.15, 0.2) is 0 Å². The summed E-state index contributed by atoms with van der Waals surface area (Å²) in [4.78, 5) is 31.5. The van der Waals surface area contributed by atoms with Crippen LogP contribution in [-0.4, -0.2) is 46.6 Å². The zero-order valence-corrected chi connectivity index (χ0v) is 27.2. The number of hydrogen-bond donors (Lipinski definition) is 0. The van der Waals surface area contributed by atoms with Crippen molar-refractivity contribution in [2.75, 3.05) is 13.1 Å². The van der Waals surface area contributed by atoms with Gasteiger partial charge in [-0.3, -0.25) is 9.78 Å². The second-order valence-corrected chi connectivity index (χ2v) is 14.6. The number of amides is 1. The summed E-state index contributed by atoms with van der Waals surface area (Å²) in [6, 6.07) is 20.8. The lowest BCUT2D eigenvalue weighted by Crippen LogP contribution is -2.51. The van der Waals surface area contributed by atoms with Gasteiger partial charge in [-0.05, 0) is 103 Å². The van der Waals surface area contributed by atoms with Gasteiger partial charge in [-0.15, -0.1) is 0 Å². The van der Waals surface area contributed by atoms with Gasteiger partial charge in [-0.25, -0.2) is 4.79 Å². The number of benzene rings is 2. The average molecular weight is 609 g/mol. The van der Waals surface area contributed by atoms with Crippen molar-refractivity contribution in [1.29, 1.82) is 0 Å². The first-order valence-electron chi connectivity index (χ1n) is 16.9. The van der Waals surface area contributed by atoms with E-state index in [0.29, 0.717) is 37.3 Å². The van der Waals surface area contributed by atoms with Crippen LogP contribution in [0.15, 0.2) is 66.9 Å². The third-order valence-corrected chi connectivity index (χ3v) is 10.4. The minimum atomic E-state index is -0.203. The number of nitrogens with zero attached hydrogens (tertiary/aromatic N) is 2. The minimum absolute atomic E-state index is 0.0575. The summed E-state index contributed by atoms with van der Waals surface area (Å²) in [5.41, 5.74) is 5.71. The molecule has 6 heteroatoms. The van der Waals surface area contributed by atoms with E-state index >= 15 is 0 Å². The SMILES string of the molecule is CC(C)(C)C1CCC(OC(=O)N2CCC3(CCc4cc(-c5ccc(CCC(=O)Cc6ccccn6)cc5)ccc4O3)CC2)CC1. The first kappa shape index (κ1) is 31.3. The normalized spacial score (nSPS) is 21.1. The average Bonchev–Trinajstić information content (AvgIpc) is 3.04. The molecule has 6 rings (SSSR count). The van der Waals surface area contributed by atoms with E-state index in [-0.39, 0.29) is 23.6 Å². The predicted octanol–water partition coefficient (Wildman–Crippen LogP) is 8.39. The Labute approximate surface area is 268 Å². The number of fused-ring (bicyclic) bond motifs is 1. The molecule has 0 N–H and O–H groups in total. The van der Waals surface area contributed by atoms with Crippen LogP contribution in [-0.2, 0) is 28.8 Å².